The number of nitriles is 1. The maximum Gasteiger partial charge on any atom is 0.380 e. The number of benzene rings is 3. The first-order valence-corrected chi connectivity index (χ1v) is 12.0. The fourth-order valence-electron chi connectivity index (χ4n) is 4.19. The Morgan fingerprint density at radius 3 is 1.72 bits per heavy atom. The lowest BCUT2D eigenvalue weighted by Crippen LogP contribution is -2.68. The fraction of sp³-hybridized carbons (Fsp3) is 0.200. The quantitative estimate of drug-likeness (QED) is 0.277. The molecule has 2 atom stereocenters. The molecule has 4 rings (SSSR count). The summed E-state index contributed by atoms with van der Waals surface area (Å²) in [6, 6.07) is 33.6. The van der Waals surface area contributed by atoms with Crippen molar-refractivity contribution < 1.29 is 4.53 Å². The zero-order valence-electron chi connectivity index (χ0n) is 16.3. The molecule has 29 heavy (non-hydrogen) atoms. The van der Waals surface area contributed by atoms with E-state index >= 15 is 0 Å². The molecule has 0 saturated heterocycles. The van der Waals surface area contributed by atoms with Gasteiger partial charge in [0.1, 0.15) is 0 Å². The SMILES string of the molecule is N#CC1CCCC1C=NO[Si](c1ccccc1)(c1ccccc1)c1ccccc1. The lowest BCUT2D eigenvalue weighted by atomic mass is 9.99. The maximum atomic E-state index is 9.39. The molecule has 1 aliphatic rings. The summed E-state index contributed by atoms with van der Waals surface area (Å²) in [5.74, 6) is 0.220. The normalized spacial score (nSPS) is 19.1. The second-order valence-electron chi connectivity index (χ2n) is 7.46. The topological polar surface area (TPSA) is 45.4 Å². The predicted octanol–water partition coefficient (Wildman–Crippen LogP) is 3.60. The van der Waals surface area contributed by atoms with Crippen molar-refractivity contribution in [2.75, 3.05) is 0 Å². The molecular weight excluding hydrogens is 372 g/mol. The summed E-state index contributed by atoms with van der Waals surface area (Å²) in [4.78, 5) is 0. The van der Waals surface area contributed by atoms with E-state index in [9.17, 15) is 5.26 Å². The van der Waals surface area contributed by atoms with Crippen molar-refractivity contribution in [3.05, 3.63) is 91.0 Å². The largest absolute Gasteiger partial charge is 0.438 e. The minimum absolute atomic E-state index is 0.0450. The molecule has 0 spiro atoms. The number of oxime groups is 1. The van der Waals surface area contributed by atoms with E-state index < -0.39 is 8.32 Å². The highest BCUT2D eigenvalue weighted by atomic mass is 28.4. The van der Waals surface area contributed by atoms with Gasteiger partial charge in [0.05, 0.1) is 12.0 Å². The average molecular weight is 397 g/mol. The van der Waals surface area contributed by atoms with Crippen LogP contribution in [-0.2, 0) is 4.53 Å². The van der Waals surface area contributed by atoms with E-state index in [1.165, 1.54) is 0 Å². The number of hydrogen-bond donors (Lipinski definition) is 0. The molecule has 144 valence electrons. The molecule has 0 N–H and O–H groups in total. The Labute approximate surface area is 173 Å². The first kappa shape index (κ1) is 19.2. The molecule has 0 bridgehead atoms. The van der Waals surface area contributed by atoms with Crippen LogP contribution in [0.15, 0.2) is 96.2 Å². The maximum absolute atomic E-state index is 9.39. The van der Waals surface area contributed by atoms with Crippen molar-refractivity contribution >= 4 is 30.1 Å². The van der Waals surface area contributed by atoms with Gasteiger partial charge >= 0.3 is 8.32 Å². The summed E-state index contributed by atoms with van der Waals surface area (Å²) in [5.41, 5.74) is 0. The van der Waals surface area contributed by atoms with Gasteiger partial charge in [-0.2, -0.15) is 5.26 Å². The van der Waals surface area contributed by atoms with E-state index in [2.05, 4.69) is 84.0 Å². The zero-order chi connectivity index (χ0) is 19.9. The summed E-state index contributed by atoms with van der Waals surface area (Å²) in [6.45, 7) is 0. The average Bonchev–Trinajstić information content (AvgIpc) is 3.26. The Bertz CT molecular complexity index is 887. The van der Waals surface area contributed by atoms with Crippen LogP contribution in [0.25, 0.3) is 0 Å². The third kappa shape index (κ3) is 3.87. The first-order valence-electron chi connectivity index (χ1n) is 10.1. The summed E-state index contributed by atoms with van der Waals surface area (Å²) in [5, 5.41) is 17.4. The fourth-order valence-corrected chi connectivity index (χ4v) is 7.71. The molecule has 0 aliphatic heterocycles. The molecule has 1 aliphatic carbocycles. The Balaban J connectivity index is 1.81. The van der Waals surface area contributed by atoms with Gasteiger partial charge in [-0.05, 0) is 28.4 Å². The van der Waals surface area contributed by atoms with Crippen molar-refractivity contribution in [3.63, 3.8) is 0 Å². The van der Waals surface area contributed by atoms with Gasteiger partial charge in [-0.1, -0.05) is 97.4 Å². The molecule has 2 unspecified atom stereocenters. The lowest BCUT2D eigenvalue weighted by molar-refractivity contribution is 0.346. The molecule has 3 aromatic carbocycles. The Morgan fingerprint density at radius 2 is 1.28 bits per heavy atom. The van der Waals surface area contributed by atoms with Gasteiger partial charge in [-0.25, -0.2) is 0 Å². The van der Waals surface area contributed by atoms with Gasteiger partial charge < -0.3 is 4.53 Å². The minimum Gasteiger partial charge on any atom is -0.438 e. The second kappa shape index (κ2) is 8.89. The molecule has 1 saturated carbocycles. The molecule has 0 heterocycles. The van der Waals surface area contributed by atoms with Crippen LogP contribution in [0.5, 0.6) is 0 Å². The Kier molecular flexibility index (Phi) is 5.88. The molecule has 0 amide bonds. The monoisotopic (exact) mass is 396 g/mol. The van der Waals surface area contributed by atoms with E-state index in [0.29, 0.717) is 0 Å². The molecule has 0 aromatic heterocycles. The van der Waals surface area contributed by atoms with E-state index in [4.69, 9.17) is 4.53 Å². The highest BCUT2D eigenvalue weighted by molar-refractivity contribution is 7.07. The van der Waals surface area contributed by atoms with Gasteiger partial charge in [-0.15, -0.1) is 5.16 Å². The highest BCUT2D eigenvalue weighted by Gasteiger charge is 2.44. The predicted molar refractivity (Wildman–Crippen MR) is 120 cm³/mol. The summed E-state index contributed by atoms with van der Waals surface area (Å²) < 4.78 is 6.54. The van der Waals surface area contributed by atoms with Gasteiger partial charge in [-0.3, -0.25) is 0 Å². The molecule has 1 fully saturated rings. The summed E-state index contributed by atoms with van der Waals surface area (Å²) >= 11 is 0. The smallest absolute Gasteiger partial charge is 0.380 e. The van der Waals surface area contributed by atoms with Crippen LogP contribution in [0.3, 0.4) is 0 Å². The third-order valence-electron chi connectivity index (χ3n) is 5.72. The Hall–Kier alpha value is -3.16. The van der Waals surface area contributed by atoms with Crippen molar-refractivity contribution in [1.82, 2.24) is 0 Å². The number of nitrogens with zero attached hydrogens (tertiary/aromatic N) is 2. The minimum atomic E-state index is -2.81. The van der Waals surface area contributed by atoms with Crippen molar-refractivity contribution in [1.29, 1.82) is 5.26 Å². The first-order chi connectivity index (χ1) is 14.3. The molecule has 3 aromatic rings. The van der Waals surface area contributed by atoms with E-state index in [1.807, 2.05) is 24.4 Å². The molecule has 3 nitrogen and oxygen atoms in total. The highest BCUT2D eigenvalue weighted by Crippen LogP contribution is 2.29. The van der Waals surface area contributed by atoms with Crippen LogP contribution in [-0.4, -0.2) is 14.5 Å². The van der Waals surface area contributed by atoms with E-state index in [1.54, 1.807) is 0 Å². The van der Waals surface area contributed by atoms with Gasteiger partial charge in [0, 0.05) is 12.1 Å². The lowest BCUT2D eigenvalue weighted by Gasteiger charge is -2.30. The zero-order valence-corrected chi connectivity index (χ0v) is 17.3. The molecule has 0 radical (unpaired) electrons. The molecular formula is C25H24N2OSi. The van der Waals surface area contributed by atoms with Crippen LogP contribution >= 0.6 is 0 Å². The van der Waals surface area contributed by atoms with Crippen LogP contribution in [0.2, 0.25) is 0 Å². The van der Waals surface area contributed by atoms with Crippen LogP contribution in [0, 0.1) is 23.2 Å². The number of hydrogen-bond acceptors (Lipinski definition) is 3. The van der Waals surface area contributed by atoms with Gasteiger partial charge in [0.15, 0.2) is 0 Å². The van der Waals surface area contributed by atoms with Crippen LogP contribution < -0.4 is 15.6 Å². The van der Waals surface area contributed by atoms with Crippen molar-refractivity contribution in [2.24, 2.45) is 17.0 Å². The van der Waals surface area contributed by atoms with Crippen molar-refractivity contribution in [3.8, 4) is 6.07 Å². The number of rotatable bonds is 6. The summed E-state index contributed by atoms with van der Waals surface area (Å²) in [6.07, 6.45) is 4.90. The molecule has 4 heteroatoms. The van der Waals surface area contributed by atoms with Crippen LogP contribution in [0.1, 0.15) is 19.3 Å². The second-order valence-corrected chi connectivity index (χ2v) is 10.7. The Morgan fingerprint density at radius 1 is 0.793 bits per heavy atom. The third-order valence-corrected chi connectivity index (χ3v) is 9.54. The van der Waals surface area contributed by atoms with Crippen LogP contribution in [0.4, 0.5) is 0 Å². The van der Waals surface area contributed by atoms with E-state index in [0.717, 1.165) is 34.8 Å². The summed E-state index contributed by atoms with van der Waals surface area (Å²) in [7, 11) is -2.81. The van der Waals surface area contributed by atoms with Gasteiger partial charge in [0.25, 0.3) is 0 Å². The van der Waals surface area contributed by atoms with Gasteiger partial charge in [0.2, 0.25) is 0 Å². The van der Waals surface area contributed by atoms with E-state index in [-0.39, 0.29) is 11.8 Å². The standard InChI is InChI=1S/C25H24N2OSi/c26-19-21-11-10-12-22(21)20-27-28-29(23-13-4-1-5-14-23,24-15-6-2-7-16-24)25-17-8-3-9-18-25/h1-9,13-18,20-22H,10-12H2. The van der Waals surface area contributed by atoms with Crippen molar-refractivity contribution in [2.45, 2.75) is 19.3 Å².